The summed E-state index contributed by atoms with van der Waals surface area (Å²) in [6, 6.07) is 2.06. The van der Waals surface area contributed by atoms with Crippen LogP contribution in [0.4, 0.5) is 0 Å². The number of ether oxygens (including phenoxy) is 2. The molecule has 0 amide bonds. The van der Waals surface area contributed by atoms with Crippen LogP contribution in [0, 0.1) is 6.92 Å². The van der Waals surface area contributed by atoms with Crippen LogP contribution < -0.4 is 15.2 Å². The lowest BCUT2D eigenvalue weighted by Gasteiger charge is -2.13. The lowest BCUT2D eigenvalue weighted by Crippen LogP contribution is -2.18. The Hall–Kier alpha value is -0.740. The minimum absolute atomic E-state index is 0.117. The Bertz CT molecular complexity index is 391. The summed E-state index contributed by atoms with van der Waals surface area (Å²) in [4.78, 5) is 0. The van der Waals surface area contributed by atoms with Crippen molar-refractivity contribution in [2.45, 2.75) is 26.3 Å². The molecule has 15 heavy (non-hydrogen) atoms. The largest absolute Gasteiger partial charge is 0.454 e. The summed E-state index contributed by atoms with van der Waals surface area (Å²) in [6.07, 6.45) is 0.803. The predicted molar refractivity (Wildman–Crippen MR) is 62.4 cm³/mol. The van der Waals surface area contributed by atoms with Gasteiger partial charge in [-0.2, -0.15) is 0 Å². The fourth-order valence-electron chi connectivity index (χ4n) is 1.74. The highest BCUT2D eigenvalue weighted by Crippen LogP contribution is 2.41. The Morgan fingerprint density at radius 2 is 2.27 bits per heavy atom. The number of hydrogen-bond donors (Lipinski definition) is 1. The summed E-state index contributed by atoms with van der Waals surface area (Å²) in [6.45, 7) is 4.35. The standard InChI is InChI=1S/C11H14BrNO2/c1-6(13)3-8-7(2)9(12)4-10-11(8)15-5-14-10/h4,6H,3,5,13H2,1-2H3. The van der Waals surface area contributed by atoms with Crippen molar-refractivity contribution in [2.24, 2.45) is 5.73 Å². The van der Waals surface area contributed by atoms with Gasteiger partial charge in [0, 0.05) is 16.1 Å². The summed E-state index contributed by atoms with van der Waals surface area (Å²) in [5.74, 6) is 1.66. The number of benzene rings is 1. The maximum atomic E-state index is 5.83. The highest BCUT2D eigenvalue weighted by molar-refractivity contribution is 9.10. The average Bonchev–Trinajstić information content (AvgIpc) is 2.59. The third kappa shape index (κ3) is 1.96. The van der Waals surface area contributed by atoms with Crippen molar-refractivity contribution in [3.05, 3.63) is 21.7 Å². The molecule has 0 bridgehead atoms. The zero-order valence-corrected chi connectivity index (χ0v) is 10.4. The highest BCUT2D eigenvalue weighted by Gasteiger charge is 2.22. The van der Waals surface area contributed by atoms with Crippen LogP contribution >= 0.6 is 15.9 Å². The molecule has 2 rings (SSSR count). The second kappa shape index (κ2) is 4.02. The van der Waals surface area contributed by atoms with Crippen molar-refractivity contribution in [2.75, 3.05) is 6.79 Å². The number of nitrogens with two attached hydrogens (primary N) is 1. The van der Waals surface area contributed by atoms with Gasteiger partial charge < -0.3 is 15.2 Å². The first-order valence-corrected chi connectivity index (χ1v) is 5.72. The molecule has 0 spiro atoms. The van der Waals surface area contributed by atoms with E-state index < -0.39 is 0 Å². The molecular formula is C11H14BrNO2. The minimum Gasteiger partial charge on any atom is -0.454 e. The first-order valence-electron chi connectivity index (χ1n) is 4.92. The fraction of sp³-hybridized carbons (Fsp3) is 0.455. The van der Waals surface area contributed by atoms with Gasteiger partial charge in [-0.3, -0.25) is 0 Å². The molecule has 0 aliphatic carbocycles. The zero-order valence-electron chi connectivity index (χ0n) is 8.84. The molecule has 1 unspecified atom stereocenters. The number of hydrogen-bond acceptors (Lipinski definition) is 3. The lowest BCUT2D eigenvalue weighted by molar-refractivity contribution is 0.173. The lowest BCUT2D eigenvalue weighted by atomic mass is 10.0. The molecule has 3 nitrogen and oxygen atoms in total. The Balaban J connectivity index is 2.50. The summed E-state index contributed by atoms with van der Waals surface area (Å²) in [7, 11) is 0. The van der Waals surface area contributed by atoms with Crippen molar-refractivity contribution < 1.29 is 9.47 Å². The van der Waals surface area contributed by atoms with Crippen LogP contribution in [-0.2, 0) is 6.42 Å². The second-order valence-electron chi connectivity index (χ2n) is 3.88. The molecule has 0 saturated carbocycles. The number of rotatable bonds is 2. The number of halogens is 1. The topological polar surface area (TPSA) is 44.5 Å². The minimum atomic E-state index is 0.117. The maximum Gasteiger partial charge on any atom is 0.231 e. The highest BCUT2D eigenvalue weighted by atomic mass is 79.9. The van der Waals surface area contributed by atoms with Crippen molar-refractivity contribution >= 4 is 15.9 Å². The summed E-state index contributed by atoms with van der Waals surface area (Å²) < 4.78 is 11.9. The van der Waals surface area contributed by atoms with Crippen molar-refractivity contribution in [1.29, 1.82) is 0 Å². The molecule has 1 aromatic carbocycles. The third-order valence-electron chi connectivity index (χ3n) is 2.51. The Morgan fingerprint density at radius 3 is 2.93 bits per heavy atom. The van der Waals surface area contributed by atoms with E-state index >= 15 is 0 Å². The van der Waals surface area contributed by atoms with Gasteiger partial charge in [-0.15, -0.1) is 0 Å². The quantitative estimate of drug-likeness (QED) is 0.899. The molecular weight excluding hydrogens is 258 g/mol. The second-order valence-corrected chi connectivity index (χ2v) is 4.73. The van der Waals surface area contributed by atoms with Crippen LogP contribution in [0.3, 0.4) is 0 Å². The van der Waals surface area contributed by atoms with E-state index in [1.54, 1.807) is 0 Å². The van der Waals surface area contributed by atoms with Crippen LogP contribution in [-0.4, -0.2) is 12.8 Å². The van der Waals surface area contributed by atoms with Crippen molar-refractivity contribution in [1.82, 2.24) is 0 Å². The maximum absolute atomic E-state index is 5.83. The third-order valence-corrected chi connectivity index (χ3v) is 3.33. The molecule has 1 atom stereocenters. The van der Waals surface area contributed by atoms with E-state index in [1.807, 2.05) is 13.0 Å². The molecule has 0 saturated heterocycles. The Morgan fingerprint density at radius 1 is 1.53 bits per heavy atom. The molecule has 0 fully saturated rings. The predicted octanol–water partition coefficient (Wildman–Crippen LogP) is 2.38. The van der Waals surface area contributed by atoms with E-state index in [4.69, 9.17) is 15.2 Å². The first-order chi connectivity index (χ1) is 7.09. The van der Waals surface area contributed by atoms with Gasteiger partial charge in [0.05, 0.1) is 0 Å². The molecule has 1 heterocycles. The van der Waals surface area contributed by atoms with Gasteiger partial charge in [-0.25, -0.2) is 0 Å². The van der Waals surface area contributed by atoms with E-state index in [-0.39, 0.29) is 6.04 Å². The molecule has 0 radical (unpaired) electrons. The average molecular weight is 272 g/mol. The van der Waals surface area contributed by atoms with Crippen LogP contribution in [0.25, 0.3) is 0 Å². The van der Waals surface area contributed by atoms with Gasteiger partial charge in [-0.05, 0) is 31.9 Å². The first kappa shape index (κ1) is 10.8. The van der Waals surface area contributed by atoms with E-state index in [2.05, 4.69) is 22.9 Å². The van der Waals surface area contributed by atoms with Crippen LogP contribution in [0.5, 0.6) is 11.5 Å². The molecule has 1 aromatic rings. The van der Waals surface area contributed by atoms with E-state index in [9.17, 15) is 0 Å². The summed E-state index contributed by atoms with van der Waals surface area (Å²) in [5.41, 5.74) is 8.15. The van der Waals surface area contributed by atoms with Gasteiger partial charge in [0.15, 0.2) is 11.5 Å². The molecule has 2 N–H and O–H groups in total. The van der Waals surface area contributed by atoms with E-state index in [0.29, 0.717) is 6.79 Å². The van der Waals surface area contributed by atoms with Crippen LogP contribution in [0.1, 0.15) is 18.1 Å². The Kier molecular flexibility index (Phi) is 2.89. The van der Waals surface area contributed by atoms with Gasteiger partial charge in [0.2, 0.25) is 6.79 Å². The van der Waals surface area contributed by atoms with Gasteiger partial charge >= 0.3 is 0 Å². The van der Waals surface area contributed by atoms with Crippen molar-refractivity contribution in [3.8, 4) is 11.5 Å². The fourth-order valence-corrected chi connectivity index (χ4v) is 2.18. The zero-order chi connectivity index (χ0) is 11.0. The SMILES string of the molecule is Cc1c(Br)cc2c(c1CC(C)N)OCO2. The normalized spacial score (nSPS) is 15.5. The van der Waals surface area contributed by atoms with Gasteiger partial charge in [0.1, 0.15) is 0 Å². The monoisotopic (exact) mass is 271 g/mol. The Labute approximate surface area is 97.7 Å². The molecule has 82 valence electrons. The summed E-state index contributed by atoms with van der Waals surface area (Å²) in [5, 5.41) is 0. The van der Waals surface area contributed by atoms with Gasteiger partial charge in [-0.1, -0.05) is 15.9 Å². The smallest absolute Gasteiger partial charge is 0.231 e. The van der Waals surface area contributed by atoms with E-state index in [0.717, 1.165) is 28.0 Å². The van der Waals surface area contributed by atoms with Gasteiger partial charge in [0.25, 0.3) is 0 Å². The van der Waals surface area contributed by atoms with Crippen molar-refractivity contribution in [3.63, 3.8) is 0 Å². The molecule has 1 aliphatic heterocycles. The molecule has 4 heteroatoms. The molecule has 0 aromatic heterocycles. The van der Waals surface area contributed by atoms with Crippen LogP contribution in [0.15, 0.2) is 10.5 Å². The van der Waals surface area contributed by atoms with E-state index in [1.165, 1.54) is 5.56 Å². The molecule has 1 aliphatic rings. The van der Waals surface area contributed by atoms with Crippen LogP contribution in [0.2, 0.25) is 0 Å². The summed E-state index contributed by atoms with van der Waals surface area (Å²) >= 11 is 3.51. The number of fused-ring (bicyclic) bond motifs is 1.